The zero-order valence-electron chi connectivity index (χ0n) is 22.0. The summed E-state index contributed by atoms with van der Waals surface area (Å²) >= 11 is 0. The second-order valence-electron chi connectivity index (χ2n) is 11.2. The highest BCUT2D eigenvalue weighted by Crippen LogP contribution is 2.41. The molecule has 2 aromatic carbocycles. The van der Waals surface area contributed by atoms with Gasteiger partial charge < -0.3 is 26.5 Å². The molecule has 0 heterocycles. The van der Waals surface area contributed by atoms with Crippen molar-refractivity contribution in [2.24, 2.45) is 11.3 Å². The van der Waals surface area contributed by atoms with Gasteiger partial charge in [0.15, 0.2) is 0 Å². The zero-order valence-corrected chi connectivity index (χ0v) is 22.0. The maximum atomic E-state index is 13.3. The fourth-order valence-electron chi connectivity index (χ4n) is 5.19. The van der Waals surface area contributed by atoms with Crippen LogP contribution in [0.25, 0.3) is 0 Å². The van der Waals surface area contributed by atoms with Crippen molar-refractivity contribution in [1.82, 2.24) is 10.6 Å². The van der Waals surface area contributed by atoms with E-state index >= 15 is 0 Å². The van der Waals surface area contributed by atoms with E-state index in [0.29, 0.717) is 12.5 Å². The maximum absolute atomic E-state index is 13.3. The predicted molar refractivity (Wildman–Crippen MR) is 145 cm³/mol. The molecule has 36 heavy (non-hydrogen) atoms. The molecule has 3 rings (SSSR count). The highest BCUT2D eigenvalue weighted by atomic mass is 19.1. The average molecular weight is 497 g/mol. The van der Waals surface area contributed by atoms with E-state index in [-0.39, 0.29) is 29.8 Å². The number of nitrogens with one attached hydrogen (secondary N) is 4. The van der Waals surface area contributed by atoms with Gasteiger partial charge in [0, 0.05) is 29.7 Å². The lowest BCUT2D eigenvalue weighted by Gasteiger charge is -2.37. The molecule has 1 aliphatic carbocycles. The summed E-state index contributed by atoms with van der Waals surface area (Å²) in [6.45, 7) is 9.14. The summed E-state index contributed by atoms with van der Waals surface area (Å²) in [6.07, 6.45) is 5.91. The predicted octanol–water partition coefficient (Wildman–Crippen LogP) is 6.33. The van der Waals surface area contributed by atoms with Crippen LogP contribution in [0.2, 0.25) is 0 Å². The number of rotatable bonds is 11. The number of benzene rings is 2. The minimum absolute atomic E-state index is 0.0372. The van der Waals surface area contributed by atoms with Crippen molar-refractivity contribution < 1.29 is 14.3 Å². The van der Waals surface area contributed by atoms with Gasteiger partial charge in [0.2, 0.25) is 0 Å². The van der Waals surface area contributed by atoms with Gasteiger partial charge in [-0.1, -0.05) is 46.6 Å². The molecule has 1 fully saturated rings. The second kappa shape index (κ2) is 11.9. The molecule has 7 heteroatoms. The monoisotopic (exact) mass is 496 g/mol. The van der Waals surface area contributed by atoms with Gasteiger partial charge in [0.25, 0.3) is 0 Å². The first-order valence-corrected chi connectivity index (χ1v) is 12.9. The Morgan fingerprint density at radius 3 is 2.42 bits per heavy atom. The smallest absolute Gasteiger partial charge is 0.315 e. The fraction of sp³-hybridized carbons (Fsp3) is 0.517. The Hall–Kier alpha value is -2.93. The third-order valence-corrected chi connectivity index (χ3v) is 7.35. The molecule has 0 radical (unpaired) electrons. The van der Waals surface area contributed by atoms with Crippen LogP contribution in [0.5, 0.6) is 0 Å². The summed E-state index contributed by atoms with van der Waals surface area (Å²) in [6, 6.07) is 12.0. The molecule has 1 atom stereocenters. The van der Waals surface area contributed by atoms with E-state index in [1.165, 1.54) is 18.3 Å². The van der Waals surface area contributed by atoms with Crippen LogP contribution in [0.1, 0.15) is 76.8 Å². The number of anilines is 2. The summed E-state index contributed by atoms with van der Waals surface area (Å²) in [7, 11) is 0. The summed E-state index contributed by atoms with van der Waals surface area (Å²) in [4.78, 5) is 12.7. The van der Waals surface area contributed by atoms with E-state index in [0.717, 1.165) is 54.6 Å². The molecule has 0 aromatic heterocycles. The van der Waals surface area contributed by atoms with Crippen LogP contribution in [0.4, 0.5) is 20.6 Å². The number of hydrogen-bond donors (Lipinski definition) is 5. The van der Waals surface area contributed by atoms with E-state index < -0.39 is 5.54 Å². The number of aliphatic hydroxyl groups excluding tert-OH is 1. The van der Waals surface area contributed by atoms with E-state index in [1.807, 2.05) is 12.1 Å². The first-order chi connectivity index (χ1) is 17.1. The van der Waals surface area contributed by atoms with Crippen molar-refractivity contribution in [3.63, 3.8) is 0 Å². The van der Waals surface area contributed by atoms with Gasteiger partial charge in [-0.15, -0.1) is 0 Å². The molecule has 1 aliphatic rings. The maximum Gasteiger partial charge on any atom is 0.315 e. The van der Waals surface area contributed by atoms with Gasteiger partial charge in [-0.05, 0) is 78.5 Å². The van der Waals surface area contributed by atoms with Gasteiger partial charge in [0.05, 0.1) is 12.1 Å². The van der Waals surface area contributed by atoms with Crippen LogP contribution in [-0.2, 0) is 0 Å². The Labute approximate surface area is 214 Å². The molecule has 1 saturated carbocycles. The van der Waals surface area contributed by atoms with Crippen LogP contribution < -0.4 is 16.0 Å². The van der Waals surface area contributed by atoms with Crippen molar-refractivity contribution >= 4 is 23.6 Å². The lowest BCUT2D eigenvalue weighted by molar-refractivity contribution is 0.159. The molecular weight excluding hydrogens is 455 g/mol. The van der Waals surface area contributed by atoms with Crippen LogP contribution in [-0.4, -0.2) is 36.0 Å². The quantitative estimate of drug-likeness (QED) is 0.235. The normalized spacial score (nSPS) is 16.0. The third kappa shape index (κ3) is 7.06. The largest absolute Gasteiger partial charge is 0.394 e. The molecular formula is C29H41FN4O2. The lowest BCUT2D eigenvalue weighted by atomic mass is 9.71. The Morgan fingerprint density at radius 2 is 1.83 bits per heavy atom. The molecule has 6 nitrogen and oxygen atoms in total. The number of hydrogen-bond acceptors (Lipinski definition) is 4. The summed E-state index contributed by atoms with van der Waals surface area (Å²) in [5.41, 5.74) is 2.64. The number of halogens is 1. The molecule has 0 spiro atoms. The molecule has 0 aliphatic heterocycles. The van der Waals surface area contributed by atoms with E-state index in [9.17, 15) is 14.3 Å². The first kappa shape index (κ1) is 27.7. The van der Waals surface area contributed by atoms with Crippen LogP contribution >= 0.6 is 0 Å². The second-order valence-corrected chi connectivity index (χ2v) is 11.2. The van der Waals surface area contributed by atoms with Gasteiger partial charge >= 0.3 is 6.03 Å². The van der Waals surface area contributed by atoms with Crippen molar-refractivity contribution in [2.45, 2.75) is 71.3 Å². The standard InChI is InChI=1S/C29H41FN4O2/c1-20(2)15-25(28(3,4)18-32-27(36)34-29(19-35)13-5-6-14-29)21-7-12-26(22(16-21)17-31)33-24-10-8-23(30)9-11-24/h7-12,16-17,20,25,31,33,35H,5-6,13-15,18-19H2,1-4H3,(H2,32,34,36). The van der Waals surface area contributed by atoms with E-state index in [4.69, 9.17) is 5.41 Å². The Kier molecular flexibility index (Phi) is 9.12. The minimum atomic E-state index is -0.502. The van der Waals surface area contributed by atoms with Crippen molar-refractivity contribution in [3.05, 3.63) is 59.4 Å². The highest BCUT2D eigenvalue weighted by molar-refractivity contribution is 5.87. The summed E-state index contributed by atoms with van der Waals surface area (Å²) in [5, 5.41) is 27.2. The first-order valence-electron chi connectivity index (χ1n) is 12.9. The van der Waals surface area contributed by atoms with Gasteiger partial charge in [0.1, 0.15) is 5.82 Å². The van der Waals surface area contributed by atoms with Crippen molar-refractivity contribution in [1.29, 1.82) is 5.41 Å². The van der Waals surface area contributed by atoms with Gasteiger partial charge in [-0.2, -0.15) is 0 Å². The Bertz CT molecular complexity index is 1030. The van der Waals surface area contributed by atoms with Gasteiger partial charge in [-0.25, -0.2) is 9.18 Å². The average Bonchev–Trinajstić information content (AvgIpc) is 3.32. The number of aliphatic hydroxyl groups is 1. The van der Waals surface area contributed by atoms with E-state index in [2.05, 4.69) is 49.7 Å². The number of urea groups is 1. The summed E-state index contributed by atoms with van der Waals surface area (Å²) < 4.78 is 13.3. The molecule has 1 unspecified atom stereocenters. The number of carbonyl (C=O) groups excluding carboxylic acids is 1. The third-order valence-electron chi connectivity index (χ3n) is 7.35. The SMILES string of the molecule is CC(C)CC(c1ccc(Nc2ccc(F)cc2)c(C=N)c1)C(C)(C)CNC(=O)NC1(CO)CCCC1. The molecule has 5 N–H and O–H groups in total. The Morgan fingerprint density at radius 1 is 1.17 bits per heavy atom. The minimum Gasteiger partial charge on any atom is -0.394 e. The zero-order chi connectivity index (χ0) is 26.3. The van der Waals surface area contributed by atoms with Crippen molar-refractivity contribution in [2.75, 3.05) is 18.5 Å². The molecule has 196 valence electrons. The highest BCUT2D eigenvalue weighted by Gasteiger charge is 2.36. The number of amides is 2. The summed E-state index contributed by atoms with van der Waals surface area (Å²) in [5.74, 6) is 0.299. The van der Waals surface area contributed by atoms with Gasteiger partial charge in [-0.3, -0.25) is 0 Å². The van der Waals surface area contributed by atoms with Crippen LogP contribution in [0.15, 0.2) is 42.5 Å². The molecule has 0 bridgehead atoms. The fourth-order valence-corrected chi connectivity index (χ4v) is 5.19. The molecule has 2 aromatic rings. The molecule has 0 saturated heterocycles. The van der Waals surface area contributed by atoms with Crippen molar-refractivity contribution in [3.8, 4) is 0 Å². The molecule has 2 amide bonds. The Balaban J connectivity index is 1.76. The number of carbonyl (C=O) groups is 1. The topological polar surface area (TPSA) is 97.2 Å². The van der Waals surface area contributed by atoms with Crippen LogP contribution in [0.3, 0.4) is 0 Å². The van der Waals surface area contributed by atoms with E-state index in [1.54, 1.807) is 12.1 Å². The lowest BCUT2D eigenvalue weighted by Crippen LogP contribution is -2.54. The van der Waals surface area contributed by atoms with Crippen LogP contribution in [0, 0.1) is 22.6 Å².